The third kappa shape index (κ3) is 3.28. The molecule has 0 heterocycles. The zero-order valence-corrected chi connectivity index (χ0v) is 12.0. The lowest BCUT2D eigenvalue weighted by Gasteiger charge is -2.25. The van der Waals surface area contributed by atoms with Crippen LogP contribution in [-0.2, 0) is 20.7 Å². The van der Waals surface area contributed by atoms with Crippen LogP contribution >= 0.6 is 11.6 Å². The van der Waals surface area contributed by atoms with Crippen LogP contribution in [0.1, 0.15) is 25.8 Å². The smallest absolute Gasteiger partial charge is 0.323 e. The molecule has 0 spiro atoms. The highest BCUT2D eigenvalue weighted by molar-refractivity contribution is 6.30. The number of benzene rings is 1. The van der Waals surface area contributed by atoms with E-state index in [9.17, 15) is 19.1 Å². The van der Waals surface area contributed by atoms with E-state index in [1.165, 1.54) is 12.1 Å². The van der Waals surface area contributed by atoms with Crippen molar-refractivity contribution in [1.29, 1.82) is 0 Å². The van der Waals surface area contributed by atoms with Crippen molar-refractivity contribution < 1.29 is 23.8 Å². The van der Waals surface area contributed by atoms with Crippen LogP contribution in [0.3, 0.4) is 0 Å². The molecule has 0 aromatic heterocycles. The standard InChI is InChI=1S/C14H16ClFO4/c1-3-14(12(17)18,13(19)20-4-2)8-9-5-6-11(16)10(15)7-9/h5-7H,3-4,8H2,1-2H3,(H,17,18). The normalized spacial score (nSPS) is 13.6. The summed E-state index contributed by atoms with van der Waals surface area (Å²) in [6, 6.07) is 3.88. The van der Waals surface area contributed by atoms with E-state index in [4.69, 9.17) is 16.3 Å². The van der Waals surface area contributed by atoms with E-state index in [0.717, 1.165) is 6.07 Å². The third-order valence-electron chi connectivity index (χ3n) is 3.17. The number of hydrogen-bond acceptors (Lipinski definition) is 3. The number of carbonyl (C=O) groups is 2. The zero-order valence-electron chi connectivity index (χ0n) is 11.3. The lowest BCUT2D eigenvalue weighted by molar-refractivity contribution is -0.168. The SMILES string of the molecule is CCOC(=O)C(CC)(Cc1ccc(F)c(Cl)c1)C(=O)O. The van der Waals surface area contributed by atoms with Crippen molar-refractivity contribution in [2.45, 2.75) is 26.7 Å². The van der Waals surface area contributed by atoms with Gasteiger partial charge in [-0.3, -0.25) is 9.59 Å². The number of ether oxygens (including phenoxy) is 1. The zero-order chi connectivity index (χ0) is 15.3. The number of hydrogen-bond donors (Lipinski definition) is 1. The van der Waals surface area contributed by atoms with Gasteiger partial charge in [-0.2, -0.15) is 0 Å². The van der Waals surface area contributed by atoms with E-state index in [1.54, 1.807) is 13.8 Å². The van der Waals surface area contributed by atoms with E-state index in [1.807, 2.05) is 0 Å². The Kier molecular flexibility index (Phi) is 5.51. The molecule has 1 N–H and O–H groups in total. The maximum atomic E-state index is 13.1. The van der Waals surface area contributed by atoms with Gasteiger partial charge in [0.05, 0.1) is 11.6 Å². The van der Waals surface area contributed by atoms with E-state index in [0.29, 0.717) is 5.56 Å². The molecule has 0 saturated heterocycles. The summed E-state index contributed by atoms with van der Waals surface area (Å²) in [6.45, 7) is 3.29. The molecule has 0 saturated carbocycles. The van der Waals surface area contributed by atoms with Gasteiger partial charge in [0.2, 0.25) is 0 Å². The van der Waals surface area contributed by atoms with Crippen molar-refractivity contribution in [2.75, 3.05) is 6.61 Å². The van der Waals surface area contributed by atoms with Crippen molar-refractivity contribution in [3.05, 3.63) is 34.6 Å². The number of esters is 1. The first-order valence-electron chi connectivity index (χ1n) is 6.22. The summed E-state index contributed by atoms with van der Waals surface area (Å²) in [6.07, 6.45) is -0.0339. The molecule has 0 aliphatic heterocycles. The maximum absolute atomic E-state index is 13.1. The molecule has 0 aliphatic carbocycles. The molecule has 110 valence electrons. The van der Waals surface area contributed by atoms with Crippen LogP contribution < -0.4 is 0 Å². The van der Waals surface area contributed by atoms with E-state index < -0.39 is 23.2 Å². The fraction of sp³-hybridized carbons (Fsp3) is 0.429. The van der Waals surface area contributed by atoms with Gasteiger partial charge < -0.3 is 9.84 Å². The van der Waals surface area contributed by atoms with Crippen LogP contribution in [-0.4, -0.2) is 23.7 Å². The second-order valence-corrected chi connectivity index (χ2v) is 4.79. The molecule has 6 heteroatoms. The molecule has 1 aromatic rings. The number of carboxylic acid groups (broad SMARTS) is 1. The average molecular weight is 303 g/mol. The van der Waals surface area contributed by atoms with E-state index >= 15 is 0 Å². The Balaban J connectivity index is 3.15. The molecule has 1 aromatic carbocycles. The Morgan fingerprint density at radius 3 is 2.50 bits per heavy atom. The van der Waals surface area contributed by atoms with E-state index in [-0.39, 0.29) is 24.5 Å². The lowest BCUT2D eigenvalue weighted by Crippen LogP contribution is -2.42. The van der Waals surface area contributed by atoms with Crippen LogP contribution in [0.5, 0.6) is 0 Å². The van der Waals surface area contributed by atoms with Crippen LogP contribution in [0.25, 0.3) is 0 Å². The second-order valence-electron chi connectivity index (χ2n) is 4.39. The van der Waals surface area contributed by atoms with Gasteiger partial charge in [-0.1, -0.05) is 24.6 Å². The highest BCUT2D eigenvalue weighted by atomic mass is 35.5. The molecule has 4 nitrogen and oxygen atoms in total. The summed E-state index contributed by atoms with van der Waals surface area (Å²) < 4.78 is 18.0. The van der Waals surface area contributed by atoms with Crippen molar-refractivity contribution >= 4 is 23.5 Å². The number of rotatable bonds is 6. The number of halogens is 2. The van der Waals surface area contributed by atoms with Gasteiger partial charge in [0.1, 0.15) is 5.82 Å². The summed E-state index contributed by atoms with van der Waals surface area (Å²) in [5.41, 5.74) is -1.22. The Labute approximate surface area is 121 Å². The van der Waals surface area contributed by atoms with Crippen LogP contribution in [0, 0.1) is 11.2 Å². The van der Waals surface area contributed by atoms with Crippen LogP contribution in [0.15, 0.2) is 18.2 Å². The van der Waals surface area contributed by atoms with Crippen molar-refractivity contribution in [3.8, 4) is 0 Å². The lowest BCUT2D eigenvalue weighted by atomic mass is 9.79. The Hall–Kier alpha value is -1.62. The largest absolute Gasteiger partial charge is 0.480 e. The van der Waals surface area contributed by atoms with Crippen molar-refractivity contribution in [2.24, 2.45) is 5.41 Å². The maximum Gasteiger partial charge on any atom is 0.323 e. The van der Waals surface area contributed by atoms with Crippen LogP contribution in [0.2, 0.25) is 5.02 Å². The Morgan fingerprint density at radius 2 is 2.05 bits per heavy atom. The molecule has 1 rings (SSSR count). The third-order valence-corrected chi connectivity index (χ3v) is 3.46. The minimum absolute atomic E-state index is 0.0656. The first-order valence-corrected chi connectivity index (χ1v) is 6.59. The van der Waals surface area contributed by atoms with Gasteiger partial charge in [0, 0.05) is 0 Å². The molecule has 0 radical (unpaired) electrons. The minimum Gasteiger partial charge on any atom is -0.480 e. The van der Waals surface area contributed by atoms with Gasteiger partial charge in [-0.15, -0.1) is 0 Å². The average Bonchev–Trinajstić information content (AvgIpc) is 2.40. The number of carboxylic acids is 1. The molecule has 0 bridgehead atoms. The first kappa shape index (κ1) is 16.4. The summed E-state index contributed by atoms with van der Waals surface area (Å²) in [7, 11) is 0. The fourth-order valence-corrected chi connectivity index (χ4v) is 2.13. The highest BCUT2D eigenvalue weighted by Crippen LogP contribution is 2.31. The number of aliphatic carboxylic acids is 1. The molecule has 0 fully saturated rings. The molecule has 1 atom stereocenters. The van der Waals surface area contributed by atoms with Crippen molar-refractivity contribution in [1.82, 2.24) is 0 Å². The van der Waals surface area contributed by atoms with Crippen molar-refractivity contribution in [3.63, 3.8) is 0 Å². The minimum atomic E-state index is -1.68. The van der Waals surface area contributed by atoms with E-state index in [2.05, 4.69) is 0 Å². The molecule has 20 heavy (non-hydrogen) atoms. The van der Waals surface area contributed by atoms with Gasteiger partial charge in [0.25, 0.3) is 0 Å². The quantitative estimate of drug-likeness (QED) is 0.648. The molecule has 0 amide bonds. The summed E-state index contributed by atoms with van der Waals surface area (Å²) in [5.74, 6) is -2.65. The highest BCUT2D eigenvalue weighted by Gasteiger charge is 2.46. The Bertz CT molecular complexity index is 518. The van der Waals surface area contributed by atoms with Gasteiger partial charge in [-0.25, -0.2) is 4.39 Å². The second kappa shape index (κ2) is 6.70. The van der Waals surface area contributed by atoms with Gasteiger partial charge in [-0.05, 0) is 37.5 Å². The Morgan fingerprint density at radius 1 is 1.40 bits per heavy atom. The first-order chi connectivity index (χ1) is 9.37. The fourth-order valence-electron chi connectivity index (χ4n) is 1.92. The summed E-state index contributed by atoms with van der Waals surface area (Å²) >= 11 is 5.67. The molecular formula is C14H16ClFO4. The topological polar surface area (TPSA) is 63.6 Å². The van der Waals surface area contributed by atoms with Crippen LogP contribution in [0.4, 0.5) is 4.39 Å². The predicted octanol–water partition coefficient (Wildman–Crippen LogP) is 3.07. The van der Waals surface area contributed by atoms with Gasteiger partial charge in [0.15, 0.2) is 5.41 Å². The summed E-state index contributed by atoms with van der Waals surface area (Å²) in [4.78, 5) is 23.5. The molecule has 1 unspecified atom stereocenters. The van der Waals surface area contributed by atoms with Gasteiger partial charge >= 0.3 is 11.9 Å². The molecule has 0 aliphatic rings. The monoisotopic (exact) mass is 302 g/mol. The molecular weight excluding hydrogens is 287 g/mol. The predicted molar refractivity (Wildman–Crippen MR) is 72.1 cm³/mol. The summed E-state index contributed by atoms with van der Waals surface area (Å²) in [5, 5.41) is 9.29. The number of carbonyl (C=O) groups excluding carboxylic acids is 1.